The molecule has 1 atom stereocenters. The van der Waals surface area contributed by atoms with Crippen molar-refractivity contribution in [3.63, 3.8) is 0 Å². The van der Waals surface area contributed by atoms with Gasteiger partial charge in [0.25, 0.3) is 10.1 Å². The summed E-state index contributed by atoms with van der Waals surface area (Å²) in [6, 6.07) is 0. The van der Waals surface area contributed by atoms with E-state index in [1.54, 1.807) is 0 Å². The van der Waals surface area contributed by atoms with Crippen LogP contribution in [0.4, 0.5) is 0 Å². The minimum atomic E-state index is -4.79. The van der Waals surface area contributed by atoms with Crippen LogP contribution in [0, 0.1) is 0 Å². The third-order valence-corrected chi connectivity index (χ3v) is 6.80. The number of carboxylic acids is 1. The highest BCUT2D eigenvalue weighted by atomic mass is 32.2. The number of carboxylic acid groups (broad SMARTS) is 1. The van der Waals surface area contributed by atoms with Crippen molar-refractivity contribution < 1.29 is 32.4 Å². The molecule has 0 aromatic carbocycles. The summed E-state index contributed by atoms with van der Waals surface area (Å²) < 4.78 is 36.0. The number of hydrogen-bond donors (Lipinski definition) is 2. The Morgan fingerprint density at radius 2 is 1.03 bits per heavy atom. The third kappa shape index (κ3) is 19.5. The van der Waals surface area contributed by atoms with Crippen molar-refractivity contribution in [3.05, 3.63) is 0 Å². The Hall–Kier alpha value is -1.15. The Morgan fingerprint density at radius 1 is 0.688 bits per heavy atom. The van der Waals surface area contributed by atoms with E-state index in [1.807, 2.05) is 0 Å². The summed E-state index contributed by atoms with van der Waals surface area (Å²) >= 11 is 0. The van der Waals surface area contributed by atoms with Gasteiger partial charge < -0.3 is 9.84 Å². The summed E-state index contributed by atoms with van der Waals surface area (Å²) in [6.45, 7) is 2.29. The van der Waals surface area contributed by atoms with Gasteiger partial charge >= 0.3 is 11.9 Å². The molecule has 2 N–H and O–H groups in total. The Balaban J connectivity index is 3.44. The average molecular weight is 479 g/mol. The molecule has 0 bridgehead atoms. The van der Waals surface area contributed by atoms with Crippen LogP contribution in [0.15, 0.2) is 0 Å². The van der Waals surface area contributed by atoms with Crippen molar-refractivity contribution in [3.8, 4) is 0 Å². The van der Waals surface area contributed by atoms with E-state index in [0.29, 0.717) is 6.42 Å². The number of unbranched alkanes of at least 4 members (excludes halogenated alkanes) is 17. The molecule has 0 unspecified atom stereocenters. The molecule has 0 aliphatic carbocycles. The smallest absolute Gasteiger partial charge is 0.327 e. The molecule has 0 aromatic heterocycles. The first-order valence-corrected chi connectivity index (χ1v) is 14.1. The number of rotatable bonds is 23. The fourth-order valence-electron chi connectivity index (χ4n) is 3.74. The first-order chi connectivity index (χ1) is 15.3. The minimum absolute atomic E-state index is 0.0310. The quantitative estimate of drug-likeness (QED) is 0.100. The van der Waals surface area contributed by atoms with Gasteiger partial charge in [-0.1, -0.05) is 116 Å². The van der Waals surface area contributed by atoms with Crippen LogP contribution in [0.3, 0.4) is 0 Å². The third-order valence-electron chi connectivity index (χ3n) is 5.72. The second-order valence-corrected chi connectivity index (χ2v) is 10.4. The summed E-state index contributed by atoms with van der Waals surface area (Å²) in [5, 5.41) is 6.59. The predicted molar refractivity (Wildman–Crippen MR) is 127 cm³/mol. The summed E-state index contributed by atoms with van der Waals surface area (Å²) in [5.41, 5.74) is 0. The molecule has 32 heavy (non-hydrogen) atoms. The summed E-state index contributed by atoms with van der Waals surface area (Å²) in [7, 11) is -4.79. The van der Waals surface area contributed by atoms with Crippen LogP contribution in [0.1, 0.15) is 129 Å². The van der Waals surface area contributed by atoms with Gasteiger partial charge in [0.15, 0.2) is 5.25 Å². The molecule has 0 heterocycles. The lowest BCUT2D eigenvalue weighted by Gasteiger charge is -2.11. The van der Waals surface area contributed by atoms with E-state index in [1.165, 1.54) is 89.9 Å². The van der Waals surface area contributed by atoms with Crippen LogP contribution in [0.5, 0.6) is 0 Å². The van der Waals surface area contributed by atoms with Crippen molar-refractivity contribution in [2.45, 2.75) is 134 Å². The number of esters is 1. The van der Waals surface area contributed by atoms with Gasteiger partial charge in [0.2, 0.25) is 0 Å². The molecule has 0 aliphatic rings. The summed E-state index contributed by atoms with van der Waals surface area (Å²) in [5.74, 6) is -2.69. The lowest BCUT2D eigenvalue weighted by Crippen LogP contribution is -2.34. The number of aliphatic carboxylic acids is 1. The van der Waals surface area contributed by atoms with E-state index < -0.39 is 33.7 Å². The molecular weight excluding hydrogens is 432 g/mol. The molecular formula is C24H46O7S. The zero-order chi connectivity index (χ0) is 24.1. The van der Waals surface area contributed by atoms with Crippen molar-refractivity contribution in [1.82, 2.24) is 0 Å². The van der Waals surface area contributed by atoms with Gasteiger partial charge in [0.1, 0.15) is 0 Å². The molecule has 7 nitrogen and oxygen atoms in total. The van der Waals surface area contributed by atoms with E-state index >= 15 is 0 Å². The topological polar surface area (TPSA) is 118 Å². The zero-order valence-corrected chi connectivity index (χ0v) is 20.9. The van der Waals surface area contributed by atoms with Crippen molar-refractivity contribution in [2.24, 2.45) is 0 Å². The van der Waals surface area contributed by atoms with Crippen LogP contribution < -0.4 is 0 Å². The Morgan fingerprint density at radius 3 is 1.34 bits per heavy atom. The van der Waals surface area contributed by atoms with Gasteiger partial charge in [-0.25, -0.2) is 0 Å². The van der Waals surface area contributed by atoms with Crippen LogP contribution in [0.25, 0.3) is 0 Å². The van der Waals surface area contributed by atoms with Crippen molar-refractivity contribution >= 4 is 22.1 Å². The molecule has 0 spiro atoms. The molecule has 8 heteroatoms. The monoisotopic (exact) mass is 478 g/mol. The Kier molecular flexibility index (Phi) is 19.7. The molecule has 0 aliphatic heterocycles. The van der Waals surface area contributed by atoms with E-state index in [9.17, 15) is 18.0 Å². The second kappa shape index (κ2) is 20.5. The maximum Gasteiger partial charge on any atom is 0.327 e. The SMILES string of the molecule is CCCCCCCCCCCCCCCCCCCCOC(=O)[C@@H](CC(=O)O)S(=O)(=O)O. The summed E-state index contributed by atoms with van der Waals surface area (Å²) in [6.07, 6.45) is 21.4. The lowest BCUT2D eigenvalue weighted by molar-refractivity contribution is -0.147. The maximum absolute atomic E-state index is 11.7. The molecule has 0 saturated heterocycles. The van der Waals surface area contributed by atoms with Gasteiger partial charge in [-0.15, -0.1) is 0 Å². The van der Waals surface area contributed by atoms with E-state index in [2.05, 4.69) is 6.92 Å². The first-order valence-electron chi connectivity index (χ1n) is 12.6. The van der Waals surface area contributed by atoms with Gasteiger partial charge in [0, 0.05) is 0 Å². The fourth-order valence-corrected chi connectivity index (χ4v) is 4.40. The highest BCUT2D eigenvalue weighted by Crippen LogP contribution is 2.14. The second-order valence-electron chi connectivity index (χ2n) is 8.78. The molecule has 0 amide bonds. The maximum atomic E-state index is 11.7. The molecule has 0 rings (SSSR count). The fraction of sp³-hybridized carbons (Fsp3) is 0.917. The Bertz CT molecular complexity index is 575. The van der Waals surface area contributed by atoms with Crippen molar-refractivity contribution in [1.29, 1.82) is 0 Å². The van der Waals surface area contributed by atoms with Gasteiger partial charge in [0.05, 0.1) is 13.0 Å². The van der Waals surface area contributed by atoms with Crippen molar-refractivity contribution in [2.75, 3.05) is 6.61 Å². The van der Waals surface area contributed by atoms with Crippen LogP contribution in [-0.4, -0.2) is 41.9 Å². The molecule has 0 radical (unpaired) electrons. The zero-order valence-electron chi connectivity index (χ0n) is 20.1. The molecule has 0 aromatic rings. The first kappa shape index (κ1) is 30.9. The van der Waals surface area contributed by atoms with Crippen LogP contribution in [-0.2, 0) is 24.4 Å². The normalized spacial score (nSPS) is 12.6. The number of carbonyl (C=O) groups is 2. The van der Waals surface area contributed by atoms with E-state index in [0.717, 1.165) is 19.3 Å². The van der Waals surface area contributed by atoms with Crippen LogP contribution in [0.2, 0.25) is 0 Å². The van der Waals surface area contributed by atoms with Gasteiger partial charge in [-0.2, -0.15) is 8.42 Å². The molecule has 0 saturated carbocycles. The van der Waals surface area contributed by atoms with Gasteiger partial charge in [-0.3, -0.25) is 14.1 Å². The lowest BCUT2D eigenvalue weighted by atomic mass is 10.0. The Labute approximate surface area is 195 Å². The molecule has 0 fully saturated rings. The molecule has 190 valence electrons. The highest BCUT2D eigenvalue weighted by Gasteiger charge is 2.34. The average Bonchev–Trinajstić information content (AvgIpc) is 2.72. The minimum Gasteiger partial charge on any atom is -0.481 e. The number of carbonyl (C=O) groups excluding carboxylic acids is 1. The van der Waals surface area contributed by atoms with E-state index in [4.69, 9.17) is 14.4 Å². The number of hydrogen-bond acceptors (Lipinski definition) is 5. The number of ether oxygens (including phenoxy) is 1. The van der Waals surface area contributed by atoms with Gasteiger partial charge in [-0.05, 0) is 6.42 Å². The predicted octanol–water partition coefficient (Wildman–Crippen LogP) is 6.30. The largest absolute Gasteiger partial charge is 0.481 e. The van der Waals surface area contributed by atoms with E-state index in [-0.39, 0.29) is 6.61 Å². The van der Waals surface area contributed by atoms with Crippen LogP contribution >= 0.6 is 0 Å². The summed E-state index contributed by atoms with van der Waals surface area (Å²) in [4.78, 5) is 22.3. The standard InChI is InChI=1S/C24H46O7S/c1-2-3-4-5-6-7-8-9-10-11-12-13-14-15-16-17-18-19-20-31-24(27)22(21-23(25)26)32(28,29)30/h22H,2-21H2,1H3,(H,25,26)(H,28,29,30)/t22-/m1/s1. The highest BCUT2D eigenvalue weighted by molar-refractivity contribution is 7.87.